The van der Waals surface area contributed by atoms with Gasteiger partial charge < -0.3 is 15.1 Å². The fourth-order valence-electron chi connectivity index (χ4n) is 4.36. The van der Waals surface area contributed by atoms with Gasteiger partial charge in [-0.25, -0.2) is 0 Å². The largest absolute Gasteiger partial charge is 0.416 e. The number of anilines is 1. The Kier molecular flexibility index (Phi) is 6.30. The van der Waals surface area contributed by atoms with E-state index in [2.05, 4.69) is 50.2 Å². The molecule has 1 aliphatic carbocycles. The minimum absolute atomic E-state index is 0.0530. The van der Waals surface area contributed by atoms with Gasteiger partial charge in [0.1, 0.15) is 0 Å². The van der Waals surface area contributed by atoms with Crippen molar-refractivity contribution in [2.75, 3.05) is 38.1 Å². The summed E-state index contributed by atoms with van der Waals surface area (Å²) in [7, 11) is 2.13. The summed E-state index contributed by atoms with van der Waals surface area (Å²) in [5.41, 5.74) is 3.25. The molecule has 1 atom stereocenters. The van der Waals surface area contributed by atoms with Crippen LogP contribution in [-0.4, -0.2) is 50.1 Å². The molecule has 1 amide bonds. The van der Waals surface area contributed by atoms with Crippen LogP contribution in [0.15, 0.2) is 40.9 Å². The Morgan fingerprint density at radius 3 is 2.35 bits per heavy atom. The van der Waals surface area contributed by atoms with Crippen LogP contribution < -0.4 is 10.2 Å². The van der Waals surface area contributed by atoms with Crippen molar-refractivity contribution >= 4 is 27.5 Å². The third-order valence-electron chi connectivity index (χ3n) is 6.20. The van der Waals surface area contributed by atoms with Crippen molar-refractivity contribution in [2.24, 2.45) is 0 Å². The van der Waals surface area contributed by atoms with E-state index in [0.29, 0.717) is 6.42 Å². The van der Waals surface area contributed by atoms with E-state index in [0.717, 1.165) is 55.6 Å². The predicted octanol–water partition coefficient (Wildman–Crippen LogP) is 4.51. The average Bonchev–Trinajstić information content (AvgIpc) is 2.74. The van der Waals surface area contributed by atoms with Gasteiger partial charge in [0.05, 0.1) is 5.56 Å². The number of hydrogen-bond acceptors (Lipinski definition) is 3. The summed E-state index contributed by atoms with van der Waals surface area (Å²) in [5.74, 6) is -0.335. The molecule has 0 aromatic heterocycles. The molecule has 1 saturated heterocycles. The number of fused-ring (bicyclic) bond motifs is 1. The Labute approximate surface area is 188 Å². The molecular formula is C23H25BrF3N3O. The molecule has 2 aromatic carbocycles. The second-order valence-electron chi connectivity index (χ2n) is 8.30. The molecule has 2 aromatic rings. The van der Waals surface area contributed by atoms with Crippen LogP contribution in [0.4, 0.5) is 18.9 Å². The summed E-state index contributed by atoms with van der Waals surface area (Å²) in [6.45, 7) is 3.96. The van der Waals surface area contributed by atoms with Crippen molar-refractivity contribution in [3.8, 4) is 0 Å². The van der Waals surface area contributed by atoms with Crippen molar-refractivity contribution < 1.29 is 18.0 Å². The van der Waals surface area contributed by atoms with Gasteiger partial charge >= 0.3 is 6.18 Å². The lowest BCUT2D eigenvalue weighted by molar-refractivity contribution is -0.137. The van der Waals surface area contributed by atoms with Crippen LogP contribution in [0, 0.1) is 0 Å². The minimum Gasteiger partial charge on any atom is -0.369 e. The first kappa shape index (κ1) is 22.1. The highest BCUT2D eigenvalue weighted by Gasteiger charge is 2.31. The van der Waals surface area contributed by atoms with Crippen LogP contribution in [0.25, 0.3) is 0 Å². The third-order valence-corrected chi connectivity index (χ3v) is 6.94. The molecule has 0 spiro atoms. The van der Waals surface area contributed by atoms with Crippen LogP contribution in [0.1, 0.15) is 33.5 Å². The van der Waals surface area contributed by atoms with Crippen molar-refractivity contribution in [1.29, 1.82) is 0 Å². The van der Waals surface area contributed by atoms with Gasteiger partial charge in [-0.05, 0) is 73.8 Å². The molecule has 8 heteroatoms. The molecule has 2 aliphatic rings. The van der Waals surface area contributed by atoms with E-state index in [-0.39, 0.29) is 17.5 Å². The van der Waals surface area contributed by atoms with Crippen LogP contribution in [0.5, 0.6) is 0 Å². The molecule has 1 N–H and O–H groups in total. The summed E-state index contributed by atoms with van der Waals surface area (Å²) in [5, 5.41) is 3.03. The number of benzene rings is 2. The zero-order valence-corrected chi connectivity index (χ0v) is 18.9. The van der Waals surface area contributed by atoms with Gasteiger partial charge in [-0.15, -0.1) is 0 Å². The van der Waals surface area contributed by atoms with Gasteiger partial charge in [0.25, 0.3) is 5.91 Å². The lowest BCUT2D eigenvalue weighted by atomic mass is 9.86. The summed E-state index contributed by atoms with van der Waals surface area (Å²) in [6, 6.07) is 8.58. The Morgan fingerprint density at radius 2 is 1.71 bits per heavy atom. The summed E-state index contributed by atoms with van der Waals surface area (Å²) in [6.07, 6.45) is -2.06. The van der Waals surface area contributed by atoms with Gasteiger partial charge in [-0.2, -0.15) is 13.2 Å². The van der Waals surface area contributed by atoms with Gasteiger partial charge in [0.2, 0.25) is 0 Å². The topological polar surface area (TPSA) is 35.6 Å². The number of piperazine rings is 1. The Morgan fingerprint density at radius 1 is 1.03 bits per heavy atom. The van der Waals surface area contributed by atoms with E-state index < -0.39 is 11.7 Å². The maximum atomic E-state index is 12.8. The maximum Gasteiger partial charge on any atom is 0.416 e. The summed E-state index contributed by atoms with van der Waals surface area (Å²) < 4.78 is 39.4. The molecule has 0 saturated carbocycles. The van der Waals surface area contributed by atoms with Crippen LogP contribution in [0.2, 0.25) is 0 Å². The fraction of sp³-hybridized carbons (Fsp3) is 0.435. The van der Waals surface area contributed by atoms with Crippen molar-refractivity contribution in [2.45, 2.75) is 31.5 Å². The molecule has 31 heavy (non-hydrogen) atoms. The van der Waals surface area contributed by atoms with Gasteiger partial charge in [0, 0.05) is 47.9 Å². The van der Waals surface area contributed by atoms with Gasteiger partial charge in [0.15, 0.2) is 0 Å². The second-order valence-corrected chi connectivity index (χ2v) is 9.16. The smallest absolute Gasteiger partial charge is 0.369 e. The molecule has 0 bridgehead atoms. The number of likely N-dealkylation sites (N-methyl/N-ethyl adjacent to an activating group) is 1. The molecule has 4 rings (SSSR count). The number of hydrogen-bond donors (Lipinski definition) is 1. The Hall–Kier alpha value is -2.06. The summed E-state index contributed by atoms with van der Waals surface area (Å²) in [4.78, 5) is 17.4. The van der Waals surface area contributed by atoms with Gasteiger partial charge in [-0.3, -0.25) is 4.79 Å². The van der Waals surface area contributed by atoms with Gasteiger partial charge in [-0.1, -0.05) is 15.9 Å². The third kappa shape index (κ3) is 4.90. The van der Waals surface area contributed by atoms with Crippen LogP contribution >= 0.6 is 15.9 Å². The number of nitrogens with one attached hydrogen (secondary N) is 1. The molecule has 4 nitrogen and oxygen atoms in total. The first-order valence-corrected chi connectivity index (χ1v) is 11.2. The van der Waals surface area contributed by atoms with E-state index in [1.165, 1.54) is 28.9 Å². The van der Waals surface area contributed by atoms with E-state index in [1.807, 2.05) is 0 Å². The van der Waals surface area contributed by atoms with Crippen molar-refractivity contribution in [1.82, 2.24) is 10.2 Å². The highest BCUT2D eigenvalue weighted by Crippen LogP contribution is 2.36. The average molecular weight is 496 g/mol. The molecule has 1 fully saturated rings. The highest BCUT2D eigenvalue weighted by molar-refractivity contribution is 9.10. The van der Waals surface area contributed by atoms with E-state index >= 15 is 0 Å². The van der Waals surface area contributed by atoms with Crippen molar-refractivity contribution in [3.05, 3.63) is 63.1 Å². The first-order chi connectivity index (χ1) is 14.7. The Balaban J connectivity index is 1.49. The zero-order valence-electron chi connectivity index (χ0n) is 17.3. The molecule has 1 heterocycles. The van der Waals surface area contributed by atoms with E-state index in [4.69, 9.17) is 0 Å². The standard InChI is InChI=1S/C23H25BrF3N3O/c1-29-10-12-30(13-11-29)21-9-8-20(24)18-7-6-17(14-19(18)21)28-22(31)15-2-4-16(5-3-15)23(25,26)27/h2-5,8-9,17H,6-7,10-14H2,1H3,(H,28,31)/t17-/m1/s1. The number of carbonyl (C=O) groups excluding carboxylic acids is 1. The minimum atomic E-state index is -4.41. The van der Waals surface area contributed by atoms with E-state index in [1.54, 1.807) is 0 Å². The maximum absolute atomic E-state index is 12.8. The number of nitrogens with zero attached hydrogens (tertiary/aromatic N) is 2. The number of amides is 1. The normalized spacial score (nSPS) is 19.8. The lowest BCUT2D eigenvalue weighted by Gasteiger charge is -2.37. The molecule has 166 valence electrons. The van der Waals surface area contributed by atoms with Crippen LogP contribution in [0.3, 0.4) is 0 Å². The summed E-state index contributed by atoms with van der Waals surface area (Å²) >= 11 is 3.67. The number of rotatable bonds is 3. The van der Waals surface area contributed by atoms with Crippen molar-refractivity contribution in [3.63, 3.8) is 0 Å². The molecule has 0 radical (unpaired) electrons. The predicted molar refractivity (Wildman–Crippen MR) is 119 cm³/mol. The monoisotopic (exact) mass is 495 g/mol. The Bertz CT molecular complexity index is 954. The van der Waals surface area contributed by atoms with Crippen LogP contribution in [-0.2, 0) is 19.0 Å². The number of carbonyl (C=O) groups is 1. The fourth-order valence-corrected chi connectivity index (χ4v) is 4.93. The number of alkyl halides is 3. The molecule has 0 unspecified atom stereocenters. The highest BCUT2D eigenvalue weighted by atomic mass is 79.9. The lowest BCUT2D eigenvalue weighted by Crippen LogP contribution is -2.45. The second kappa shape index (κ2) is 8.82. The van der Waals surface area contributed by atoms with E-state index in [9.17, 15) is 18.0 Å². The molecule has 1 aliphatic heterocycles. The molecular weight excluding hydrogens is 471 g/mol. The SMILES string of the molecule is CN1CCN(c2ccc(Br)c3c2C[C@H](NC(=O)c2ccc(C(F)(F)F)cc2)CC3)CC1. The number of halogens is 4. The zero-order chi connectivity index (χ0) is 22.2. The first-order valence-electron chi connectivity index (χ1n) is 10.4. The quantitative estimate of drug-likeness (QED) is 0.680.